The van der Waals surface area contributed by atoms with Gasteiger partial charge in [-0.15, -0.1) is 0 Å². The molecule has 0 aliphatic rings. The van der Waals surface area contributed by atoms with E-state index in [0.717, 1.165) is 28.6 Å². The molecule has 0 bridgehead atoms. The second kappa shape index (κ2) is 11.4. The summed E-state index contributed by atoms with van der Waals surface area (Å²) in [5.74, 6) is -1.65. The number of nitrogens with zero attached hydrogens (tertiary/aromatic N) is 1. The fourth-order valence-corrected chi connectivity index (χ4v) is 4.54. The maximum absolute atomic E-state index is 13.3. The lowest BCUT2D eigenvalue weighted by Gasteiger charge is -2.24. The molecule has 2 N–H and O–H groups in total. The van der Waals surface area contributed by atoms with E-state index >= 15 is 0 Å². The summed E-state index contributed by atoms with van der Waals surface area (Å²) in [7, 11) is -2.67. The van der Waals surface area contributed by atoms with E-state index in [4.69, 9.17) is 4.74 Å². The smallest absolute Gasteiger partial charge is 0.264 e. The zero-order valence-electron chi connectivity index (χ0n) is 18.4. The third-order valence-corrected chi connectivity index (χ3v) is 6.56. The Morgan fingerprint density at radius 1 is 0.941 bits per heavy atom. The van der Waals surface area contributed by atoms with Gasteiger partial charge < -0.3 is 15.4 Å². The normalized spacial score (nSPS) is 11.0. The minimum atomic E-state index is -4.19. The van der Waals surface area contributed by atoms with Gasteiger partial charge in [-0.05, 0) is 48.5 Å². The summed E-state index contributed by atoms with van der Waals surface area (Å²) in [6.07, 6.45) is 0. The van der Waals surface area contributed by atoms with Crippen LogP contribution in [-0.4, -0.2) is 47.0 Å². The predicted octanol–water partition coefficient (Wildman–Crippen LogP) is 3.04. The Kier molecular flexibility index (Phi) is 8.34. The highest BCUT2D eigenvalue weighted by Gasteiger charge is 2.27. The Labute approximate surface area is 197 Å². The van der Waals surface area contributed by atoms with Crippen molar-refractivity contribution in [3.05, 3.63) is 90.2 Å². The Morgan fingerprint density at radius 3 is 2.26 bits per heavy atom. The average Bonchev–Trinajstić information content (AvgIpc) is 2.83. The van der Waals surface area contributed by atoms with E-state index in [9.17, 15) is 22.4 Å². The van der Waals surface area contributed by atoms with Crippen LogP contribution in [0.4, 0.5) is 15.8 Å². The van der Waals surface area contributed by atoms with Gasteiger partial charge in [-0.25, -0.2) is 12.8 Å². The Bertz CT molecular complexity index is 1230. The number of methoxy groups -OCH3 is 1. The Hall–Kier alpha value is -3.76. The van der Waals surface area contributed by atoms with Gasteiger partial charge in [0.05, 0.1) is 28.4 Å². The molecule has 3 aromatic carbocycles. The van der Waals surface area contributed by atoms with Crippen LogP contribution in [0.2, 0.25) is 0 Å². The Balaban J connectivity index is 1.85. The van der Waals surface area contributed by atoms with Gasteiger partial charge in [-0.3, -0.25) is 13.9 Å². The minimum Gasteiger partial charge on any atom is -0.383 e. The molecule has 0 fully saturated rings. The van der Waals surface area contributed by atoms with Gasteiger partial charge in [0.1, 0.15) is 12.4 Å². The number of benzene rings is 3. The SMILES string of the molecule is COCCNC(=O)c1ccccc1NC(=O)CN(c1ccccc1)S(=O)(=O)c1ccc(F)cc1. The summed E-state index contributed by atoms with van der Waals surface area (Å²) in [5.41, 5.74) is 0.710. The lowest BCUT2D eigenvalue weighted by Crippen LogP contribution is -2.38. The van der Waals surface area contributed by atoms with Crippen LogP contribution in [-0.2, 0) is 19.6 Å². The van der Waals surface area contributed by atoms with Gasteiger partial charge in [0.15, 0.2) is 0 Å². The van der Waals surface area contributed by atoms with Crippen LogP contribution in [0.1, 0.15) is 10.4 Å². The molecule has 0 atom stereocenters. The number of nitrogens with one attached hydrogen (secondary N) is 2. The zero-order chi connectivity index (χ0) is 24.6. The van der Waals surface area contributed by atoms with Crippen molar-refractivity contribution in [1.82, 2.24) is 5.32 Å². The number of hydrogen-bond donors (Lipinski definition) is 2. The predicted molar refractivity (Wildman–Crippen MR) is 127 cm³/mol. The topological polar surface area (TPSA) is 105 Å². The number of amides is 2. The van der Waals surface area contributed by atoms with Gasteiger partial charge in [0.25, 0.3) is 15.9 Å². The summed E-state index contributed by atoms with van der Waals surface area (Å²) >= 11 is 0. The molecule has 0 unspecified atom stereocenters. The first-order chi connectivity index (χ1) is 16.3. The third kappa shape index (κ3) is 6.18. The van der Waals surface area contributed by atoms with Crippen molar-refractivity contribution in [2.75, 3.05) is 36.4 Å². The van der Waals surface area contributed by atoms with Crippen LogP contribution >= 0.6 is 0 Å². The number of sulfonamides is 1. The first-order valence-electron chi connectivity index (χ1n) is 10.3. The summed E-state index contributed by atoms with van der Waals surface area (Å²) < 4.78 is 45.8. The van der Waals surface area contributed by atoms with E-state index in [1.165, 1.54) is 7.11 Å². The number of halogens is 1. The molecule has 178 valence electrons. The lowest BCUT2D eigenvalue weighted by atomic mass is 10.1. The summed E-state index contributed by atoms with van der Waals surface area (Å²) in [6, 6.07) is 18.8. The first kappa shape index (κ1) is 24.9. The number of carbonyl (C=O) groups excluding carboxylic acids is 2. The van der Waals surface area contributed by atoms with Gasteiger partial charge in [-0.2, -0.15) is 0 Å². The molecule has 0 saturated heterocycles. The molecule has 0 spiro atoms. The fraction of sp³-hybridized carbons (Fsp3) is 0.167. The molecule has 0 radical (unpaired) electrons. The fourth-order valence-electron chi connectivity index (χ4n) is 3.12. The highest BCUT2D eigenvalue weighted by atomic mass is 32.2. The molecule has 0 aromatic heterocycles. The largest absolute Gasteiger partial charge is 0.383 e. The van der Waals surface area contributed by atoms with E-state index < -0.39 is 34.2 Å². The quantitative estimate of drug-likeness (QED) is 0.430. The maximum Gasteiger partial charge on any atom is 0.264 e. The number of rotatable bonds is 10. The van der Waals surface area contributed by atoms with E-state index in [1.54, 1.807) is 54.6 Å². The maximum atomic E-state index is 13.3. The summed E-state index contributed by atoms with van der Waals surface area (Å²) in [5, 5.41) is 5.30. The number of hydrogen-bond acceptors (Lipinski definition) is 5. The van der Waals surface area contributed by atoms with Crippen molar-refractivity contribution in [1.29, 1.82) is 0 Å². The molecule has 0 saturated carbocycles. The van der Waals surface area contributed by atoms with Crippen molar-refractivity contribution < 1.29 is 27.1 Å². The second-order valence-corrected chi connectivity index (χ2v) is 9.01. The zero-order valence-corrected chi connectivity index (χ0v) is 19.2. The van der Waals surface area contributed by atoms with E-state index in [0.29, 0.717) is 6.61 Å². The van der Waals surface area contributed by atoms with Crippen LogP contribution in [0, 0.1) is 5.82 Å². The molecule has 0 heterocycles. The van der Waals surface area contributed by atoms with E-state index in [1.807, 2.05) is 0 Å². The number of anilines is 2. The first-order valence-corrected chi connectivity index (χ1v) is 11.8. The summed E-state index contributed by atoms with van der Waals surface area (Å²) in [6.45, 7) is 0.0478. The summed E-state index contributed by atoms with van der Waals surface area (Å²) in [4.78, 5) is 25.3. The van der Waals surface area contributed by atoms with Crippen molar-refractivity contribution in [2.24, 2.45) is 0 Å². The highest BCUT2D eigenvalue weighted by molar-refractivity contribution is 7.92. The van der Waals surface area contributed by atoms with Crippen LogP contribution < -0.4 is 14.9 Å². The molecule has 0 aliphatic heterocycles. The second-order valence-electron chi connectivity index (χ2n) is 7.14. The molecule has 0 aliphatic carbocycles. The minimum absolute atomic E-state index is 0.163. The van der Waals surface area contributed by atoms with Crippen LogP contribution in [0.15, 0.2) is 83.8 Å². The molecule has 3 aromatic rings. The number of ether oxygens (including phenoxy) is 1. The van der Waals surface area contributed by atoms with Gasteiger partial charge in [0, 0.05) is 13.7 Å². The van der Waals surface area contributed by atoms with Crippen LogP contribution in [0.5, 0.6) is 0 Å². The van der Waals surface area contributed by atoms with Gasteiger partial charge >= 0.3 is 0 Å². The highest BCUT2D eigenvalue weighted by Crippen LogP contribution is 2.24. The van der Waals surface area contributed by atoms with Gasteiger partial charge in [-0.1, -0.05) is 30.3 Å². The monoisotopic (exact) mass is 485 g/mol. The standard InChI is InChI=1S/C24H24FN3O5S/c1-33-16-15-26-24(30)21-9-5-6-10-22(21)27-23(29)17-28(19-7-3-2-4-8-19)34(31,32)20-13-11-18(25)12-14-20/h2-14H,15-17H2,1H3,(H,26,30)(H,27,29). The molecule has 10 heteroatoms. The molecule has 2 amide bonds. The molecule has 8 nitrogen and oxygen atoms in total. The molecule has 3 rings (SSSR count). The molecule has 34 heavy (non-hydrogen) atoms. The number of carbonyl (C=O) groups is 2. The lowest BCUT2D eigenvalue weighted by molar-refractivity contribution is -0.114. The van der Waals surface area contributed by atoms with Gasteiger partial charge in [0.2, 0.25) is 5.91 Å². The van der Waals surface area contributed by atoms with Crippen molar-refractivity contribution in [3.63, 3.8) is 0 Å². The molecular weight excluding hydrogens is 461 g/mol. The van der Waals surface area contributed by atoms with E-state index in [-0.39, 0.29) is 28.4 Å². The Morgan fingerprint density at radius 2 is 1.59 bits per heavy atom. The van der Waals surface area contributed by atoms with Crippen LogP contribution in [0.25, 0.3) is 0 Å². The van der Waals surface area contributed by atoms with Crippen molar-refractivity contribution >= 4 is 33.2 Å². The van der Waals surface area contributed by atoms with E-state index in [2.05, 4.69) is 10.6 Å². The van der Waals surface area contributed by atoms with Crippen molar-refractivity contribution in [2.45, 2.75) is 4.90 Å². The molecular formula is C24H24FN3O5S. The van der Waals surface area contributed by atoms with Crippen molar-refractivity contribution in [3.8, 4) is 0 Å². The average molecular weight is 486 g/mol. The number of para-hydroxylation sites is 2. The third-order valence-electron chi connectivity index (χ3n) is 4.77. The van der Waals surface area contributed by atoms with Crippen LogP contribution in [0.3, 0.4) is 0 Å².